The second kappa shape index (κ2) is 9.26. The van der Waals surface area contributed by atoms with E-state index in [0.717, 1.165) is 18.7 Å². The number of rotatable bonds is 3. The number of aromatic amines is 1. The lowest BCUT2D eigenvalue weighted by Crippen LogP contribution is -2.38. The number of imidazole rings is 1. The summed E-state index contributed by atoms with van der Waals surface area (Å²) in [6, 6.07) is 9.45. The van der Waals surface area contributed by atoms with Gasteiger partial charge in [0.1, 0.15) is 23.0 Å². The number of H-pyrrole nitrogens is 1. The summed E-state index contributed by atoms with van der Waals surface area (Å²) in [5.41, 5.74) is 0.522. The lowest BCUT2D eigenvalue weighted by molar-refractivity contribution is -0.274. The van der Waals surface area contributed by atoms with Crippen molar-refractivity contribution in [1.82, 2.24) is 15.0 Å². The van der Waals surface area contributed by atoms with Crippen LogP contribution < -0.4 is 9.64 Å². The number of aromatic nitrogens is 3. The Hall–Kier alpha value is -2.72. The van der Waals surface area contributed by atoms with Crippen molar-refractivity contribution in [2.24, 2.45) is 0 Å². The van der Waals surface area contributed by atoms with E-state index < -0.39 is 18.1 Å². The zero-order valence-corrected chi connectivity index (χ0v) is 18.8. The molecular formula is C21H21Cl2F3N4O3. The van der Waals surface area contributed by atoms with E-state index >= 15 is 0 Å². The maximum Gasteiger partial charge on any atom is 0.573 e. The van der Waals surface area contributed by atoms with Crippen LogP contribution in [-0.2, 0) is 4.74 Å². The van der Waals surface area contributed by atoms with Crippen LogP contribution in [0.1, 0.15) is 37.4 Å². The topological polar surface area (TPSA) is 80.3 Å². The molecule has 33 heavy (non-hydrogen) atoms. The van der Waals surface area contributed by atoms with E-state index in [2.05, 4.69) is 19.7 Å². The van der Waals surface area contributed by atoms with Gasteiger partial charge in [0.15, 0.2) is 0 Å². The van der Waals surface area contributed by atoms with Gasteiger partial charge in [0.2, 0.25) is 0 Å². The molecule has 12 heteroatoms. The number of amides is 1. The summed E-state index contributed by atoms with van der Waals surface area (Å²) >= 11 is 0. The highest BCUT2D eigenvalue weighted by Gasteiger charge is 2.48. The van der Waals surface area contributed by atoms with Gasteiger partial charge in [-0.1, -0.05) is 6.07 Å². The summed E-state index contributed by atoms with van der Waals surface area (Å²) in [5.74, 6) is 1.10. The molecule has 2 fully saturated rings. The van der Waals surface area contributed by atoms with E-state index in [0.29, 0.717) is 36.2 Å². The molecule has 0 unspecified atom stereocenters. The maximum atomic E-state index is 12.5. The van der Waals surface area contributed by atoms with Crippen molar-refractivity contribution >= 4 is 47.8 Å². The first-order valence-corrected chi connectivity index (χ1v) is 9.97. The molecule has 1 aliphatic heterocycles. The van der Waals surface area contributed by atoms with Gasteiger partial charge in [0.25, 0.3) is 0 Å². The van der Waals surface area contributed by atoms with E-state index in [1.54, 1.807) is 23.2 Å². The van der Waals surface area contributed by atoms with Gasteiger partial charge in [-0.2, -0.15) is 0 Å². The van der Waals surface area contributed by atoms with E-state index in [4.69, 9.17) is 4.74 Å². The first-order chi connectivity index (χ1) is 14.8. The fourth-order valence-corrected chi connectivity index (χ4v) is 4.39. The highest BCUT2D eigenvalue weighted by Crippen LogP contribution is 2.43. The molecule has 1 aliphatic carbocycles. The quantitative estimate of drug-likeness (QED) is 0.490. The fraction of sp³-hybridized carbons (Fsp3) is 0.381. The van der Waals surface area contributed by atoms with E-state index in [-0.39, 0.29) is 36.5 Å². The minimum absolute atomic E-state index is 0. The number of pyridine rings is 1. The number of fused-ring (bicyclic) bond motifs is 1. The Labute approximate surface area is 199 Å². The molecule has 1 spiro atoms. The second-order valence-electron chi connectivity index (χ2n) is 7.95. The number of anilines is 1. The van der Waals surface area contributed by atoms with Crippen LogP contribution in [0.5, 0.6) is 5.75 Å². The number of halogens is 5. The average Bonchev–Trinajstić information content (AvgIpc) is 3.29. The first-order valence-electron chi connectivity index (χ1n) is 9.97. The Morgan fingerprint density at radius 2 is 1.91 bits per heavy atom. The van der Waals surface area contributed by atoms with E-state index in [1.807, 2.05) is 6.07 Å². The summed E-state index contributed by atoms with van der Waals surface area (Å²) in [4.78, 5) is 25.9. The van der Waals surface area contributed by atoms with Crippen molar-refractivity contribution in [2.45, 2.75) is 43.6 Å². The van der Waals surface area contributed by atoms with Gasteiger partial charge in [0.05, 0.1) is 17.6 Å². The van der Waals surface area contributed by atoms with Crippen LogP contribution in [0, 0.1) is 0 Å². The highest BCUT2D eigenvalue weighted by molar-refractivity contribution is 5.89. The van der Waals surface area contributed by atoms with Gasteiger partial charge in [0, 0.05) is 18.2 Å². The third-order valence-corrected chi connectivity index (χ3v) is 5.89. The van der Waals surface area contributed by atoms with Crippen LogP contribution >= 0.6 is 24.8 Å². The summed E-state index contributed by atoms with van der Waals surface area (Å²) in [7, 11) is 0. The molecular weight excluding hydrogens is 484 g/mol. The number of carbonyl (C=O) groups excluding carboxylic acids is 1. The Morgan fingerprint density at radius 3 is 2.58 bits per heavy atom. The summed E-state index contributed by atoms with van der Waals surface area (Å²) in [6.45, 7) is 0.452. The molecule has 1 amide bonds. The molecule has 3 heterocycles. The van der Waals surface area contributed by atoms with Gasteiger partial charge in [-0.15, -0.1) is 38.0 Å². The van der Waals surface area contributed by atoms with Gasteiger partial charge in [-0.3, -0.25) is 4.90 Å². The Bertz CT molecular complexity index is 1120. The average molecular weight is 505 g/mol. The van der Waals surface area contributed by atoms with Gasteiger partial charge in [-0.25, -0.2) is 14.8 Å². The molecule has 2 aromatic heterocycles. The lowest BCUT2D eigenvalue weighted by atomic mass is 9.78. The predicted molar refractivity (Wildman–Crippen MR) is 119 cm³/mol. The first kappa shape index (κ1) is 24.9. The zero-order chi connectivity index (χ0) is 21.6. The van der Waals surface area contributed by atoms with Crippen LogP contribution in [0.25, 0.3) is 11.0 Å². The Balaban J connectivity index is 0.00000153. The molecule has 0 radical (unpaired) electrons. The molecule has 0 atom stereocenters. The van der Waals surface area contributed by atoms with Crippen molar-refractivity contribution in [3.8, 4) is 5.75 Å². The molecule has 5 rings (SSSR count). The summed E-state index contributed by atoms with van der Waals surface area (Å²) < 4.78 is 47.1. The smallest absolute Gasteiger partial charge is 0.441 e. The standard InChI is InChI=1S/C21H19F3N4O3.2ClH/c22-21(23,24)30-14-4-5-15-16(11-14)27-18(26-15)13-6-8-20(9-7-13)12-28(19(29)31-20)17-3-1-2-10-25-17;;/h1-5,10-11,13H,6-9,12H2,(H,26,27);2*1H. The van der Waals surface area contributed by atoms with Crippen molar-refractivity contribution in [3.63, 3.8) is 0 Å². The monoisotopic (exact) mass is 504 g/mol. The third kappa shape index (κ3) is 5.11. The molecule has 7 nitrogen and oxygen atoms in total. The Morgan fingerprint density at radius 1 is 1.15 bits per heavy atom. The van der Waals surface area contributed by atoms with Crippen LogP contribution in [0.15, 0.2) is 42.6 Å². The predicted octanol–water partition coefficient (Wildman–Crippen LogP) is 5.75. The van der Waals surface area contributed by atoms with Gasteiger partial charge in [-0.05, 0) is 49.9 Å². The van der Waals surface area contributed by atoms with Crippen LogP contribution in [0.3, 0.4) is 0 Å². The minimum atomic E-state index is -4.74. The third-order valence-electron chi connectivity index (χ3n) is 5.89. The molecule has 2 aliphatic rings. The normalized spacial score (nSPS) is 22.6. The lowest BCUT2D eigenvalue weighted by Gasteiger charge is -2.34. The van der Waals surface area contributed by atoms with E-state index in [1.165, 1.54) is 18.2 Å². The van der Waals surface area contributed by atoms with Crippen LogP contribution in [-0.4, -0.2) is 39.6 Å². The molecule has 178 valence electrons. The SMILES string of the molecule is Cl.Cl.O=C1OC2(CCC(c3nc4cc(OC(F)(F)F)ccc4[nH]3)CC2)CN1c1ccccn1. The van der Waals surface area contributed by atoms with Crippen molar-refractivity contribution in [1.29, 1.82) is 0 Å². The second-order valence-corrected chi connectivity index (χ2v) is 7.95. The number of ether oxygens (including phenoxy) is 2. The van der Waals surface area contributed by atoms with Gasteiger partial charge >= 0.3 is 12.5 Å². The molecule has 1 aromatic carbocycles. The fourth-order valence-electron chi connectivity index (χ4n) is 4.39. The summed E-state index contributed by atoms with van der Waals surface area (Å²) in [5, 5.41) is 0. The van der Waals surface area contributed by atoms with Crippen molar-refractivity contribution in [2.75, 3.05) is 11.4 Å². The van der Waals surface area contributed by atoms with Crippen LogP contribution in [0.4, 0.5) is 23.8 Å². The molecule has 3 aromatic rings. The Kier molecular flexibility index (Phi) is 6.99. The largest absolute Gasteiger partial charge is 0.573 e. The number of hydrogen-bond acceptors (Lipinski definition) is 5. The van der Waals surface area contributed by atoms with Gasteiger partial charge < -0.3 is 14.5 Å². The number of nitrogens with one attached hydrogen (secondary N) is 1. The molecule has 0 bridgehead atoms. The van der Waals surface area contributed by atoms with Crippen molar-refractivity contribution in [3.05, 3.63) is 48.4 Å². The van der Waals surface area contributed by atoms with Crippen molar-refractivity contribution < 1.29 is 27.4 Å². The van der Waals surface area contributed by atoms with Crippen LogP contribution in [0.2, 0.25) is 0 Å². The minimum Gasteiger partial charge on any atom is -0.441 e. The number of nitrogens with zero attached hydrogens (tertiary/aromatic N) is 3. The number of carbonyl (C=O) groups is 1. The number of benzene rings is 1. The molecule has 1 saturated heterocycles. The summed E-state index contributed by atoms with van der Waals surface area (Å²) in [6.07, 6.45) is -0.662. The number of alkyl halides is 3. The maximum absolute atomic E-state index is 12.5. The van der Waals surface area contributed by atoms with E-state index in [9.17, 15) is 18.0 Å². The highest BCUT2D eigenvalue weighted by atomic mass is 35.5. The zero-order valence-electron chi connectivity index (χ0n) is 17.2. The molecule has 1 N–H and O–H groups in total. The molecule has 1 saturated carbocycles. The number of hydrogen-bond donors (Lipinski definition) is 1.